The highest BCUT2D eigenvalue weighted by Crippen LogP contribution is 2.23. The number of hydrogen-bond donors (Lipinski definition) is 0. The van der Waals surface area contributed by atoms with Crippen LogP contribution in [0.5, 0.6) is 0 Å². The average Bonchev–Trinajstić information content (AvgIpc) is 2.68. The Balaban J connectivity index is 1.67. The molecule has 0 aromatic heterocycles. The van der Waals surface area contributed by atoms with Crippen LogP contribution in [0.25, 0.3) is 0 Å². The molecule has 6 nitrogen and oxygen atoms in total. The van der Waals surface area contributed by atoms with E-state index in [1.165, 1.54) is 0 Å². The number of piperazine rings is 1. The third-order valence-corrected chi connectivity index (χ3v) is 6.75. The normalized spacial score (nSPS) is 15.6. The van der Waals surface area contributed by atoms with E-state index in [9.17, 15) is 13.2 Å². The molecule has 144 valence electrons. The van der Waals surface area contributed by atoms with Gasteiger partial charge in [0.25, 0.3) is 0 Å². The maximum Gasteiger partial charge on any atom is 0.338 e. The zero-order valence-corrected chi connectivity index (χ0v) is 16.4. The highest BCUT2D eigenvalue weighted by atomic mass is 32.2. The quantitative estimate of drug-likeness (QED) is 0.737. The second-order valence-corrected chi connectivity index (χ2v) is 8.33. The molecule has 27 heavy (non-hydrogen) atoms. The van der Waals surface area contributed by atoms with Crippen molar-refractivity contribution in [2.45, 2.75) is 18.7 Å². The standard InChI is InChI=1S/C20H24N2O4S/c1-3-26-20(23)17-8-10-18(11-9-17)21-12-14-22(15-13-21)27(24,25)19-7-5-4-6-16(19)2/h4-11H,3,12-15H2,1-2H3. The van der Waals surface area contributed by atoms with Crippen LogP contribution in [0.15, 0.2) is 53.4 Å². The summed E-state index contributed by atoms with van der Waals surface area (Å²) in [5.74, 6) is -0.335. The predicted molar refractivity (Wildman–Crippen MR) is 105 cm³/mol. The number of anilines is 1. The van der Waals surface area contributed by atoms with E-state index >= 15 is 0 Å². The predicted octanol–water partition coefficient (Wildman–Crippen LogP) is 2.68. The second kappa shape index (κ2) is 8.10. The molecule has 3 rings (SSSR count). The van der Waals surface area contributed by atoms with Crippen molar-refractivity contribution in [3.05, 3.63) is 59.7 Å². The van der Waals surface area contributed by atoms with Crippen LogP contribution < -0.4 is 4.90 Å². The van der Waals surface area contributed by atoms with Crippen LogP contribution >= 0.6 is 0 Å². The van der Waals surface area contributed by atoms with Gasteiger partial charge in [-0.25, -0.2) is 13.2 Å². The van der Waals surface area contributed by atoms with E-state index in [2.05, 4.69) is 4.90 Å². The van der Waals surface area contributed by atoms with Gasteiger partial charge in [-0.2, -0.15) is 4.31 Å². The van der Waals surface area contributed by atoms with E-state index in [4.69, 9.17) is 4.74 Å². The number of carbonyl (C=O) groups excluding carboxylic acids is 1. The van der Waals surface area contributed by atoms with Crippen LogP contribution in [0.4, 0.5) is 5.69 Å². The van der Waals surface area contributed by atoms with Crippen LogP contribution in [0.3, 0.4) is 0 Å². The van der Waals surface area contributed by atoms with E-state index in [0.717, 1.165) is 11.3 Å². The van der Waals surface area contributed by atoms with Crippen molar-refractivity contribution < 1.29 is 17.9 Å². The SMILES string of the molecule is CCOC(=O)c1ccc(N2CCN(S(=O)(=O)c3ccccc3C)CC2)cc1. The van der Waals surface area contributed by atoms with Gasteiger partial charge in [0.15, 0.2) is 0 Å². The Bertz CT molecular complexity index is 902. The summed E-state index contributed by atoms with van der Waals surface area (Å²) < 4.78 is 32.3. The minimum Gasteiger partial charge on any atom is -0.462 e. The van der Waals surface area contributed by atoms with Crippen LogP contribution in [0.1, 0.15) is 22.8 Å². The Morgan fingerprint density at radius 1 is 1.00 bits per heavy atom. The fourth-order valence-electron chi connectivity index (χ4n) is 3.19. The highest BCUT2D eigenvalue weighted by Gasteiger charge is 2.29. The van der Waals surface area contributed by atoms with Gasteiger partial charge in [-0.05, 0) is 49.7 Å². The molecular formula is C20H24N2O4S. The summed E-state index contributed by atoms with van der Waals surface area (Å²) in [5.41, 5.74) is 2.24. The second-order valence-electron chi connectivity index (χ2n) is 6.42. The Hall–Kier alpha value is -2.38. The molecule has 0 radical (unpaired) electrons. The Kier molecular flexibility index (Phi) is 5.82. The molecule has 1 heterocycles. The molecule has 0 bridgehead atoms. The number of nitrogens with zero attached hydrogens (tertiary/aromatic N) is 2. The van der Waals surface area contributed by atoms with Crippen molar-refractivity contribution in [1.29, 1.82) is 0 Å². The maximum atomic E-state index is 12.9. The van der Waals surface area contributed by atoms with Gasteiger partial charge in [0.1, 0.15) is 0 Å². The van der Waals surface area contributed by atoms with Crippen LogP contribution in [0, 0.1) is 6.92 Å². The Morgan fingerprint density at radius 3 is 2.22 bits per heavy atom. The fourth-order valence-corrected chi connectivity index (χ4v) is 4.84. The molecule has 0 aliphatic carbocycles. The largest absolute Gasteiger partial charge is 0.462 e. The lowest BCUT2D eigenvalue weighted by atomic mass is 10.2. The fraction of sp³-hybridized carbons (Fsp3) is 0.350. The lowest BCUT2D eigenvalue weighted by Crippen LogP contribution is -2.48. The number of esters is 1. The van der Waals surface area contributed by atoms with Crippen molar-refractivity contribution in [1.82, 2.24) is 4.31 Å². The smallest absolute Gasteiger partial charge is 0.338 e. The number of benzene rings is 2. The first-order chi connectivity index (χ1) is 12.9. The third-order valence-electron chi connectivity index (χ3n) is 4.69. The molecule has 2 aromatic carbocycles. The van der Waals surface area contributed by atoms with E-state index in [-0.39, 0.29) is 5.97 Å². The summed E-state index contributed by atoms with van der Waals surface area (Å²) >= 11 is 0. The van der Waals surface area contributed by atoms with Crippen molar-refractivity contribution >= 4 is 21.7 Å². The van der Waals surface area contributed by atoms with Gasteiger partial charge >= 0.3 is 5.97 Å². The molecule has 1 aliphatic heterocycles. The van der Waals surface area contributed by atoms with E-state index < -0.39 is 10.0 Å². The molecule has 0 spiro atoms. The third kappa shape index (κ3) is 4.14. The highest BCUT2D eigenvalue weighted by molar-refractivity contribution is 7.89. The molecule has 0 unspecified atom stereocenters. The monoisotopic (exact) mass is 388 g/mol. The summed E-state index contributed by atoms with van der Waals surface area (Å²) in [6.07, 6.45) is 0. The molecule has 1 saturated heterocycles. The molecule has 1 aliphatic rings. The molecule has 2 aromatic rings. The van der Waals surface area contributed by atoms with Gasteiger partial charge in [-0.3, -0.25) is 0 Å². The first-order valence-corrected chi connectivity index (χ1v) is 10.5. The van der Waals surface area contributed by atoms with Gasteiger partial charge in [-0.1, -0.05) is 18.2 Å². The maximum absolute atomic E-state index is 12.9. The molecule has 7 heteroatoms. The number of sulfonamides is 1. The van der Waals surface area contributed by atoms with E-state index in [1.54, 1.807) is 35.5 Å². The minimum atomic E-state index is -3.48. The summed E-state index contributed by atoms with van der Waals surface area (Å²) in [5, 5.41) is 0. The molecule has 0 saturated carbocycles. The summed E-state index contributed by atoms with van der Waals surface area (Å²) in [7, 11) is -3.48. The summed E-state index contributed by atoms with van der Waals surface area (Å²) in [6.45, 7) is 5.99. The van der Waals surface area contributed by atoms with Crippen LogP contribution in [-0.4, -0.2) is 51.5 Å². The number of aryl methyl sites for hydroxylation is 1. The van der Waals surface area contributed by atoms with Gasteiger partial charge in [0.05, 0.1) is 17.1 Å². The van der Waals surface area contributed by atoms with Crippen molar-refractivity contribution in [2.75, 3.05) is 37.7 Å². The molecular weight excluding hydrogens is 364 g/mol. The zero-order valence-electron chi connectivity index (χ0n) is 15.6. The number of carbonyl (C=O) groups is 1. The Morgan fingerprint density at radius 2 is 1.63 bits per heavy atom. The Labute approximate surface area is 160 Å². The first-order valence-electron chi connectivity index (χ1n) is 9.01. The number of rotatable bonds is 5. The summed E-state index contributed by atoms with van der Waals surface area (Å²) in [6, 6.07) is 14.3. The number of ether oxygens (including phenoxy) is 1. The molecule has 0 N–H and O–H groups in total. The average molecular weight is 388 g/mol. The number of hydrogen-bond acceptors (Lipinski definition) is 5. The molecule has 1 fully saturated rings. The topological polar surface area (TPSA) is 66.9 Å². The van der Waals surface area contributed by atoms with Gasteiger partial charge in [0, 0.05) is 31.9 Å². The van der Waals surface area contributed by atoms with Crippen LogP contribution in [0.2, 0.25) is 0 Å². The lowest BCUT2D eigenvalue weighted by molar-refractivity contribution is 0.0526. The van der Waals surface area contributed by atoms with Gasteiger partial charge < -0.3 is 9.64 Å². The van der Waals surface area contributed by atoms with Crippen molar-refractivity contribution in [3.63, 3.8) is 0 Å². The van der Waals surface area contributed by atoms with E-state index in [1.807, 2.05) is 31.2 Å². The van der Waals surface area contributed by atoms with Crippen molar-refractivity contribution in [3.8, 4) is 0 Å². The van der Waals surface area contributed by atoms with Gasteiger partial charge in [0.2, 0.25) is 10.0 Å². The first kappa shape index (κ1) is 19.4. The van der Waals surface area contributed by atoms with Gasteiger partial charge in [-0.15, -0.1) is 0 Å². The summed E-state index contributed by atoms with van der Waals surface area (Å²) in [4.78, 5) is 14.2. The molecule has 0 atom stereocenters. The molecule has 0 amide bonds. The van der Waals surface area contributed by atoms with Crippen molar-refractivity contribution in [2.24, 2.45) is 0 Å². The zero-order chi connectivity index (χ0) is 19.4. The lowest BCUT2D eigenvalue weighted by Gasteiger charge is -2.35. The van der Waals surface area contributed by atoms with E-state index in [0.29, 0.717) is 43.2 Å². The minimum absolute atomic E-state index is 0.335. The van der Waals surface area contributed by atoms with Crippen LogP contribution in [-0.2, 0) is 14.8 Å².